The van der Waals surface area contributed by atoms with Gasteiger partial charge >= 0.3 is 0 Å². The molecule has 2 aliphatic carbocycles. The number of nitrogens with one attached hydrogen (secondary N) is 1. The van der Waals surface area contributed by atoms with E-state index in [4.69, 9.17) is 4.74 Å². The first-order chi connectivity index (χ1) is 24.6. The van der Waals surface area contributed by atoms with Crippen molar-refractivity contribution in [2.45, 2.75) is 50.2 Å². The van der Waals surface area contributed by atoms with Gasteiger partial charge in [-0.25, -0.2) is 0 Å². The van der Waals surface area contributed by atoms with Crippen molar-refractivity contribution in [3.8, 4) is 28.0 Å². The molecule has 6 aromatic rings. The van der Waals surface area contributed by atoms with Crippen molar-refractivity contribution in [1.82, 2.24) is 0 Å². The van der Waals surface area contributed by atoms with E-state index in [9.17, 15) is 0 Å². The molecule has 0 fully saturated rings. The van der Waals surface area contributed by atoms with E-state index in [0.717, 1.165) is 18.6 Å². The number of fused-ring (bicyclic) bond motifs is 9. The summed E-state index contributed by atoms with van der Waals surface area (Å²) < 4.78 is 7.30. The zero-order chi connectivity index (χ0) is 33.4. The SMILES string of the molecule is CC1(C)c2ccccc2C2Oc3c(-c4ccc(C5C=Cc6ccccc6N5)c5c4C=CCC5)cccc3C2c2ccc(-c3ccccc3)cc21. The first kappa shape index (κ1) is 29.3. The normalized spacial score (nSPS) is 20.2. The fraction of sp³-hybridized carbons (Fsp3) is 0.167. The quantitative estimate of drug-likeness (QED) is 0.207. The van der Waals surface area contributed by atoms with E-state index < -0.39 is 0 Å². The van der Waals surface area contributed by atoms with Crippen molar-refractivity contribution in [2.24, 2.45) is 0 Å². The Balaban J connectivity index is 1.13. The Bertz CT molecular complexity index is 2380. The smallest absolute Gasteiger partial charge is 0.135 e. The predicted octanol–water partition coefficient (Wildman–Crippen LogP) is 12.1. The molecule has 0 radical (unpaired) electrons. The van der Waals surface area contributed by atoms with E-state index in [0.29, 0.717) is 0 Å². The molecule has 0 aromatic heterocycles. The molecule has 0 bridgehead atoms. The summed E-state index contributed by atoms with van der Waals surface area (Å²) in [7, 11) is 0. The average molecular weight is 646 g/mol. The van der Waals surface area contributed by atoms with Gasteiger partial charge in [0, 0.05) is 22.2 Å². The fourth-order valence-corrected chi connectivity index (χ4v) is 9.19. The summed E-state index contributed by atoms with van der Waals surface area (Å²) in [5.41, 5.74) is 17.9. The average Bonchev–Trinajstić information content (AvgIpc) is 3.54. The van der Waals surface area contributed by atoms with Gasteiger partial charge in [0.15, 0.2) is 0 Å². The Morgan fingerprint density at radius 2 is 1.44 bits per heavy atom. The summed E-state index contributed by atoms with van der Waals surface area (Å²) in [6.07, 6.45) is 11.2. The molecule has 2 heteroatoms. The summed E-state index contributed by atoms with van der Waals surface area (Å²) in [6, 6.07) is 47.1. The molecule has 50 heavy (non-hydrogen) atoms. The minimum atomic E-state index is -0.190. The first-order valence-corrected chi connectivity index (χ1v) is 18.0. The van der Waals surface area contributed by atoms with E-state index in [-0.39, 0.29) is 23.5 Å². The molecule has 2 nitrogen and oxygen atoms in total. The van der Waals surface area contributed by atoms with Gasteiger partial charge in [0.25, 0.3) is 0 Å². The van der Waals surface area contributed by atoms with Crippen molar-refractivity contribution in [3.63, 3.8) is 0 Å². The first-order valence-electron chi connectivity index (χ1n) is 18.0. The zero-order valence-corrected chi connectivity index (χ0v) is 28.5. The molecule has 242 valence electrons. The number of para-hydroxylation sites is 2. The van der Waals surface area contributed by atoms with Crippen LogP contribution in [-0.2, 0) is 11.8 Å². The summed E-state index contributed by atoms with van der Waals surface area (Å²) in [4.78, 5) is 0. The number of benzene rings is 6. The van der Waals surface area contributed by atoms with Crippen LogP contribution in [0.1, 0.15) is 88.4 Å². The Kier molecular flexibility index (Phi) is 6.58. The second-order valence-corrected chi connectivity index (χ2v) is 14.7. The largest absolute Gasteiger partial charge is 0.484 e. The van der Waals surface area contributed by atoms with Crippen LogP contribution in [-0.4, -0.2) is 0 Å². The molecule has 2 aliphatic heterocycles. The van der Waals surface area contributed by atoms with Crippen LogP contribution in [0.2, 0.25) is 0 Å². The van der Waals surface area contributed by atoms with Crippen LogP contribution in [0.4, 0.5) is 5.69 Å². The van der Waals surface area contributed by atoms with E-state index >= 15 is 0 Å². The molecule has 0 saturated carbocycles. The van der Waals surface area contributed by atoms with Crippen LogP contribution in [0.25, 0.3) is 34.4 Å². The highest BCUT2D eigenvalue weighted by molar-refractivity contribution is 5.85. The number of allylic oxidation sites excluding steroid dienone is 1. The lowest BCUT2D eigenvalue weighted by atomic mass is 9.74. The molecule has 0 spiro atoms. The highest BCUT2D eigenvalue weighted by Crippen LogP contribution is 2.59. The Morgan fingerprint density at radius 3 is 2.36 bits per heavy atom. The monoisotopic (exact) mass is 645 g/mol. The molecular formula is C48H39NO. The second-order valence-electron chi connectivity index (χ2n) is 14.7. The van der Waals surface area contributed by atoms with Crippen molar-refractivity contribution in [1.29, 1.82) is 0 Å². The maximum atomic E-state index is 7.30. The number of hydrogen-bond donors (Lipinski definition) is 1. The maximum absolute atomic E-state index is 7.30. The zero-order valence-electron chi connectivity index (χ0n) is 28.5. The lowest BCUT2D eigenvalue weighted by Crippen LogP contribution is -2.21. The van der Waals surface area contributed by atoms with Crippen LogP contribution < -0.4 is 10.1 Å². The highest BCUT2D eigenvalue weighted by Gasteiger charge is 2.46. The van der Waals surface area contributed by atoms with Crippen LogP contribution in [0, 0.1) is 0 Å². The molecule has 3 unspecified atom stereocenters. The maximum Gasteiger partial charge on any atom is 0.135 e. The molecule has 10 rings (SSSR count). The lowest BCUT2D eigenvalue weighted by molar-refractivity contribution is 0.223. The van der Waals surface area contributed by atoms with E-state index in [1.165, 1.54) is 78.0 Å². The Hall–Kier alpha value is -5.60. The third-order valence-corrected chi connectivity index (χ3v) is 11.6. The number of rotatable bonds is 3. The van der Waals surface area contributed by atoms with Gasteiger partial charge in [-0.05, 0) is 86.2 Å². The molecule has 1 N–H and O–H groups in total. The third kappa shape index (κ3) is 4.41. The summed E-state index contributed by atoms with van der Waals surface area (Å²) in [5.74, 6) is 1.11. The van der Waals surface area contributed by atoms with E-state index in [2.05, 4.69) is 171 Å². The molecule has 4 aliphatic rings. The molecule has 0 amide bonds. The molecular weight excluding hydrogens is 607 g/mol. The van der Waals surface area contributed by atoms with Gasteiger partial charge in [-0.1, -0.05) is 153 Å². The van der Waals surface area contributed by atoms with Gasteiger partial charge in [0.05, 0.1) is 12.0 Å². The van der Waals surface area contributed by atoms with Gasteiger partial charge in [0.1, 0.15) is 11.9 Å². The Labute approximate surface area is 294 Å². The van der Waals surface area contributed by atoms with Crippen molar-refractivity contribution in [2.75, 3.05) is 5.32 Å². The topological polar surface area (TPSA) is 21.3 Å². The van der Waals surface area contributed by atoms with Gasteiger partial charge in [0.2, 0.25) is 0 Å². The van der Waals surface area contributed by atoms with Crippen molar-refractivity contribution >= 4 is 17.8 Å². The third-order valence-electron chi connectivity index (χ3n) is 11.6. The van der Waals surface area contributed by atoms with Gasteiger partial charge in [-0.15, -0.1) is 0 Å². The standard InChI is InChI=1S/C48H39NO/c1-48(2)41-21-10-9-18-39(41)47-45(38-25-23-32(29-42(38)48)30-13-4-3-5-14-30)40-20-12-19-37(46(40)50-47)35-26-27-36(34-17-8-7-16-33(34)35)44-28-24-31-15-6-11-22-43(31)49-44/h3-7,9-16,18-29,44-45,47,49H,8,17H2,1-2H3. The predicted molar refractivity (Wildman–Crippen MR) is 207 cm³/mol. The van der Waals surface area contributed by atoms with Gasteiger partial charge < -0.3 is 10.1 Å². The van der Waals surface area contributed by atoms with Crippen LogP contribution >= 0.6 is 0 Å². The van der Waals surface area contributed by atoms with E-state index in [1.54, 1.807) is 0 Å². The van der Waals surface area contributed by atoms with Crippen LogP contribution in [0.3, 0.4) is 0 Å². The number of ether oxygens (including phenoxy) is 1. The molecule has 0 saturated heterocycles. The summed E-state index contributed by atoms with van der Waals surface area (Å²) in [5, 5.41) is 3.81. The van der Waals surface area contributed by atoms with Crippen molar-refractivity contribution < 1.29 is 4.74 Å². The van der Waals surface area contributed by atoms with Gasteiger partial charge in [-0.2, -0.15) is 0 Å². The van der Waals surface area contributed by atoms with Crippen LogP contribution in [0.5, 0.6) is 5.75 Å². The molecule has 3 atom stereocenters. The molecule has 6 aromatic carbocycles. The minimum absolute atomic E-state index is 0.0926. The number of anilines is 1. The Morgan fingerprint density at radius 1 is 0.640 bits per heavy atom. The lowest BCUT2D eigenvalue weighted by Gasteiger charge is -2.29. The fourth-order valence-electron chi connectivity index (χ4n) is 9.19. The minimum Gasteiger partial charge on any atom is -0.484 e. The number of hydrogen-bond acceptors (Lipinski definition) is 2. The second kappa shape index (κ2) is 11.2. The summed E-state index contributed by atoms with van der Waals surface area (Å²) >= 11 is 0. The molecule has 2 heterocycles. The van der Waals surface area contributed by atoms with Crippen LogP contribution in [0.15, 0.2) is 140 Å². The van der Waals surface area contributed by atoms with E-state index in [1.807, 2.05) is 0 Å². The van der Waals surface area contributed by atoms with Crippen molar-refractivity contribution in [3.05, 3.63) is 190 Å². The summed E-state index contributed by atoms with van der Waals surface area (Å²) in [6.45, 7) is 4.76. The van der Waals surface area contributed by atoms with Gasteiger partial charge in [-0.3, -0.25) is 0 Å². The highest BCUT2D eigenvalue weighted by atomic mass is 16.5.